The highest BCUT2D eigenvalue weighted by Crippen LogP contribution is 2.27. The normalized spacial score (nSPS) is 16.3. The Bertz CT molecular complexity index is 1100. The van der Waals surface area contributed by atoms with Gasteiger partial charge in [-0.1, -0.05) is 43.3 Å². The fourth-order valence-electron chi connectivity index (χ4n) is 4.42. The van der Waals surface area contributed by atoms with Gasteiger partial charge in [0.1, 0.15) is 11.8 Å². The first-order valence-electron chi connectivity index (χ1n) is 11.7. The van der Waals surface area contributed by atoms with Crippen molar-refractivity contribution in [3.05, 3.63) is 71.9 Å². The van der Waals surface area contributed by atoms with Gasteiger partial charge in [-0.3, -0.25) is 14.6 Å². The van der Waals surface area contributed by atoms with E-state index < -0.39 is 6.04 Å². The van der Waals surface area contributed by atoms with Gasteiger partial charge in [0, 0.05) is 50.9 Å². The molecule has 1 aromatic carbocycles. The lowest BCUT2D eigenvalue weighted by Gasteiger charge is -2.40. The van der Waals surface area contributed by atoms with E-state index in [0.29, 0.717) is 31.8 Å². The lowest BCUT2D eigenvalue weighted by Crippen LogP contribution is -2.59. The van der Waals surface area contributed by atoms with Crippen molar-refractivity contribution in [3.8, 4) is 11.1 Å². The number of piperazine rings is 1. The molecule has 4 rings (SSSR count). The van der Waals surface area contributed by atoms with Crippen molar-refractivity contribution in [2.24, 2.45) is 0 Å². The van der Waals surface area contributed by atoms with Crippen LogP contribution in [0, 0.1) is 0 Å². The van der Waals surface area contributed by atoms with Crippen LogP contribution in [0.1, 0.15) is 48.5 Å². The standard InChI is InChI=1S/C26H30N4O3/c1-3-7-21-18-23(28-33-21)25(31)30-16-15-29(14-4-2)26(32)24(30)17-20-8-5-6-9-22(20)19-10-12-27-13-11-19/h5-6,8-13,18,24H,3-4,7,14-17H2,1-2H3/t24-/m1/s1. The summed E-state index contributed by atoms with van der Waals surface area (Å²) in [6, 6.07) is 13.1. The molecule has 1 fully saturated rings. The monoisotopic (exact) mass is 446 g/mol. The average Bonchev–Trinajstić information content (AvgIpc) is 3.31. The van der Waals surface area contributed by atoms with Crippen LogP contribution in [0.5, 0.6) is 0 Å². The fourth-order valence-corrected chi connectivity index (χ4v) is 4.42. The summed E-state index contributed by atoms with van der Waals surface area (Å²) in [6.45, 7) is 5.80. The van der Waals surface area contributed by atoms with E-state index in [2.05, 4.69) is 17.1 Å². The van der Waals surface area contributed by atoms with Crippen molar-refractivity contribution < 1.29 is 14.1 Å². The van der Waals surface area contributed by atoms with Crippen molar-refractivity contribution in [3.63, 3.8) is 0 Å². The van der Waals surface area contributed by atoms with E-state index in [-0.39, 0.29) is 17.5 Å². The highest BCUT2D eigenvalue weighted by molar-refractivity contribution is 5.97. The third kappa shape index (κ3) is 4.97. The number of hydrogen-bond donors (Lipinski definition) is 0. The summed E-state index contributed by atoms with van der Waals surface area (Å²) in [5.74, 6) is 0.423. The van der Waals surface area contributed by atoms with Crippen LogP contribution in [-0.4, -0.2) is 57.4 Å². The third-order valence-electron chi connectivity index (χ3n) is 6.03. The second-order valence-corrected chi connectivity index (χ2v) is 8.37. The van der Waals surface area contributed by atoms with Gasteiger partial charge in [-0.25, -0.2) is 0 Å². The van der Waals surface area contributed by atoms with E-state index >= 15 is 0 Å². The number of nitrogens with zero attached hydrogens (tertiary/aromatic N) is 4. The summed E-state index contributed by atoms with van der Waals surface area (Å²) in [6.07, 6.45) is 6.47. The summed E-state index contributed by atoms with van der Waals surface area (Å²) in [5.41, 5.74) is 3.36. The summed E-state index contributed by atoms with van der Waals surface area (Å²) < 4.78 is 5.34. The molecule has 3 heterocycles. The largest absolute Gasteiger partial charge is 0.361 e. The molecule has 2 aromatic heterocycles. The Kier molecular flexibility index (Phi) is 7.17. The van der Waals surface area contributed by atoms with Crippen LogP contribution in [0.2, 0.25) is 0 Å². The van der Waals surface area contributed by atoms with Crippen molar-refractivity contribution in [1.82, 2.24) is 19.9 Å². The molecule has 7 nitrogen and oxygen atoms in total. The molecular weight excluding hydrogens is 416 g/mol. The summed E-state index contributed by atoms with van der Waals surface area (Å²) in [5, 5.41) is 4.00. The van der Waals surface area contributed by atoms with E-state index in [4.69, 9.17) is 4.52 Å². The molecule has 1 atom stereocenters. The van der Waals surface area contributed by atoms with Gasteiger partial charge in [0.05, 0.1) is 0 Å². The number of benzene rings is 1. The minimum atomic E-state index is -0.591. The van der Waals surface area contributed by atoms with Crippen LogP contribution >= 0.6 is 0 Å². The van der Waals surface area contributed by atoms with Gasteiger partial charge in [0.25, 0.3) is 5.91 Å². The summed E-state index contributed by atoms with van der Waals surface area (Å²) in [4.78, 5) is 34.6. The van der Waals surface area contributed by atoms with Crippen molar-refractivity contribution >= 4 is 11.8 Å². The number of aryl methyl sites for hydroxylation is 1. The quantitative estimate of drug-likeness (QED) is 0.523. The molecule has 0 bridgehead atoms. The SMILES string of the molecule is CCCc1cc(C(=O)N2CCN(CCC)C(=O)[C@H]2Cc2ccccc2-c2ccncc2)no1. The van der Waals surface area contributed by atoms with Crippen LogP contribution in [0.15, 0.2) is 59.4 Å². The van der Waals surface area contributed by atoms with Gasteiger partial charge in [-0.2, -0.15) is 0 Å². The molecular formula is C26H30N4O3. The maximum absolute atomic E-state index is 13.5. The maximum atomic E-state index is 13.5. The second kappa shape index (κ2) is 10.4. The lowest BCUT2D eigenvalue weighted by molar-refractivity contribution is -0.140. The van der Waals surface area contributed by atoms with Gasteiger partial charge in [0.15, 0.2) is 5.69 Å². The van der Waals surface area contributed by atoms with E-state index in [1.54, 1.807) is 23.4 Å². The molecule has 3 aromatic rings. The Labute approximate surface area is 194 Å². The molecule has 2 amide bonds. The molecule has 0 unspecified atom stereocenters. The predicted octanol–water partition coefficient (Wildman–Crippen LogP) is 3.99. The molecule has 0 saturated carbocycles. The Morgan fingerprint density at radius 3 is 2.64 bits per heavy atom. The molecule has 0 radical (unpaired) electrons. The van der Waals surface area contributed by atoms with E-state index in [0.717, 1.165) is 36.0 Å². The summed E-state index contributed by atoms with van der Waals surface area (Å²) >= 11 is 0. The van der Waals surface area contributed by atoms with Crippen LogP contribution in [0.4, 0.5) is 0 Å². The topological polar surface area (TPSA) is 79.5 Å². The van der Waals surface area contributed by atoms with Crippen molar-refractivity contribution in [2.45, 2.75) is 45.6 Å². The van der Waals surface area contributed by atoms with Gasteiger partial charge >= 0.3 is 0 Å². The Hall–Kier alpha value is -3.48. The predicted molar refractivity (Wildman–Crippen MR) is 126 cm³/mol. The number of hydrogen-bond acceptors (Lipinski definition) is 5. The molecule has 0 aliphatic carbocycles. The van der Waals surface area contributed by atoms with E-state index in [1.807, 2.05) is 48.2 Å². The molecule has 33 heavy (non-hydrogen) atoms. The van der Waals surface area contributed by atoms with Gasteiger partial charge in [-0.15, -0.1) is 0 Å². The molecule has 7 heteroatoms. The second-order valence-electron chi connectivity index (χ2n) is 8.37. The first-order chi connectivity index (χ1) is 16.1. The minimum absolute atomic E-state index is 0.0155. The van der Waals surface area contributed by atoms with Gasteiger partial charge in [-0.05, 0) is 41.7 Å². The lowest BCUT2D eigenvalue weighted by atomic mass is 9.93. The number of carbonyl (C=O) groups excluding carboxylic acids is 2. The van der Waals surface area contributed by atoms with Crippen molar-refractivity contribution in [2.75, 3.05) is 19.6 Å². The average molecular weight is 447 g/mol. The zero-order valence-corrected chi connectivity index (χ0v) is 19.2. The highest BCUT2D eigenvalue weighted by Gasteiger charge is 2.38. The Morgan fingerprint density at radius 2 is 1.88 bits per heavy atom. The van der Waals surface area contributed by atoms with E-state index in [9.17, 15) is 9.59 Å². The molecule has 0 spiro atoms. The van der Waals surface area contributed by atoms with Crippen LogP contribution < -0.4 is 0 Å². The fraction of sp³-hybridized carbons (Fsp3) is 0.385. The zero-order valence-electron chi connectivity index (χ0n) is 19.2. The van der Waals surface area contributed by atoms with Crippen molar-refractivity contribution in [1.29, 1.82) is 0 Å². The highest BCUT2D eigenvalue weighted by atomic mass is 16.5. The molecule has 0 N–H and O–H groups in total. The Balaban J connectivity index is 1.66. The minimum Gasteiger partial charge on any atom is -0.361 e. The smallest absolute Gasteiger partial charge is 0.276 e. The first kappa shape index (κ1) is 22.7. The van der Waals surface area contributed by atoms with E-state index in [1.165, 1.54) is 0 Å². The number of carbonyl (C=O) groups is 2. The molecule has 1 aliphatic rings. The number of pyridine rings is 1. The number of aromatic nitrogens is 2. The molecule has 1 aliphatic heterocycles. The van der Waals surface area contributed by atoms with Crippen LogP contribution in [0.3, 0.4) is 0 Å². The number of rotatable bonds is 8. The van der Waals surface area contributed by atoms with Gasteiger partial charge < -0.3 is 14.3 Å². The Morgan fingerprint density at radius 1 is 1.09 bits per heavy atom. The molecule has 172 valence electrons. The van der Waals surface area contributed by atoms with Crippen LogP contribution in [-0.2, 0) is 17.6 Å². The first-order valence-corrected chi connectivity index (χ1v) is 11.7. The number of amides is 2. The summed E-state index contributed by atoms with van der Waals surface area (Å²) in [7, 11) is 0. The molecule has 1 saturated heterocycles. The maximum Gasteiger partial charge on any atom is 0.276 e. The third-order valence-corrected chi connectivity index (χ3v) is 6.03. The zero-order chi connectivity index (χ0) is 23.2. The van der Waals surface area contributed by atoms with Crippen LogP contribution in [0.25, 0.3) is 11.1 Å². The van der Waals surface area contributed by atoms with Gasteiger partial charge in [0.2, 0.25) is 5.91 Å².